The summed E-state index contributed by atoms with van der Waals surface area (Å²) in [4.78, 5) is 2.24. The Kier molecular flexibility index (Phi) is 5.64. The minimum absolute atomic E-state index is 0.297. The van der Waals surface area contributed by atoms with Crippen LogP contribution in [0.1, 0.15) is 18.5 Å². The van der Waals surface area contributed by atoms with Gasteiger partial charge in [-0.1, -0.05) is 49.4 Å². The van der Waals surface area contributed by atoms with Crippen LogP contribution in [0.15, 0.2) is 54.6 Å². The van der Waals surface area contributed by atoms with E-state index < -0.39 is 0 Å². The molecule has 0 aliphatic rings. The van der Waals surface area contributed by atoms with Gasteiger partial charge in [-0.05, 0) is 24.2 Å². The first-order valence-electron chi connectivity index (χ1n) is 7.38. The number of ether oxygens (including phenoxy) is 1. The molecule has 2 rings (SSSR count). The zero-order valence-electron chi connectivity index (χ0n) is 13.0. The van der Waals surface area contributed by atoms with Crippen LogP contribution in [0.25, 0.3) is 0 Å². The molecule has 1 N–H and O–H groups in total. The monoisotopic (exact) mass is 284 g/mol. The van der Waals surface area contributed by atoms with E-state index in [0.29, 0.717) is 6.04 Å². The number of anilines is 1. The highest BCUT2D eigenvalue weighted by Gasteiger charge is 2.15. The molecule has 1 atom stereocenters. The Balaban J connectivity index is 2.16. The van der Waals surface area contributed by atoms with Gasteiger partial charge in [0, 0.05) is 19.6 Å². The van der Waals surface area contributed by atoms with Crippen molar-refractivity contribution in [2.75, 3.05) is 32.1 Å². The van der Waals surface area contributed by atoms with E-state index in [4.69, 9.17) is 4.74 Å². The van der Waals surface area contributed by atoms with Gasteiger partial charge in [0.05, 0.1) is 12.8 Å². The van der Waals surface area contributed by atoms with Gasteiger partial charge in [-0.15, -0.1) is 0 Å². The van der Waals surface area contributed by atoms with E-state index in [9.17, 15) is 0 Å². The Bertz CT molecular complexity index is 542. The van der Waals surface area contributed by atoms with Gasteiger partial charge < -0.3 is 15.0 Å². The summed E-state index contributed by atoms with van der Waals surface area (Å²) in [5.74, 6) is 0.906. The molecule has 0 bridgehead atoms. The molecule has 2 aromatic rings. The maximum atomic E-state index is 5.45. The summed E-state index contributed by atoms with van der Waals surface area (Å²) in [6.07, 6.45) is 0. The molecule has 0 aliphatic heterocycles. The van der Waals surface area contributed by atoms with Gasteiger partial charge in [-0.3, -0.25) is 0 Å². The van der Waals surface area contributed by atoms with Crippen LogP contribution in [0.2, 0.25) is 0 Å². The number of rotatable bonds is 7. The van der Waals surface area contributed by atoms with Crippen LogP contribution in [-0.4, -0.2) is 27.2 Å². The zero-order chi connectivity index (χ0) is 15.1. The molecule has 21 heavy (non-hydrogen) atoms. The Morgan fingerprint density at radius 2 is 1.71 bits per heavy atom. The molecule has 0 radical (unpaired) electrons. The Hall–Kier alpha value is -2.00. The van der Waals surface area contributed by atoms with Gasteiger partial charge in [-0.25, -0.2) is 0 Å². The number of nitrogens with zero attached hydrogens (tertiary/aromatic N) is 1. The van der Waals surface area contributed by atoms with E-state index in [0.717, 1.165) is 24.5 Å². The molecule has 3 heteroatoms. The average molecular weight is 284 g/mol. The lowest BCUT2D eigenvalue weighted by Gasteiger charge is -2.27. The third-order valence-corrected chi connectivity index (χ3v) is 3.61. The second-order valence-corrected chi connectivity index (χ2v) is 5.07. The lowest BCUT2D eigenvalue weighted by atomic mass is 10.1. The first-order valence-corrected chi connectivity index (χ1v) is 7.38. The van der Waals surface area contributed by atoms with Crippen molar-refractivity contribution in [3.63, 3.8) is 0 Å². The standard InChI is InChI=1S/C18H24N2O/c1-4-19-16(15-10-6-5-7-11-15)14-20(2)17-12-8-9-13-18(17)21-3/h5-13,16,19H,4,14H2,1-3H3. The summed E-state index contributed by atoms with van der Waals surface area (Å²) in [6, 6.07) is 19.0. The van der Waals surface area contributed by atoms with Crippen LogP contribution in [0.3, 0.4) is 0 Å². The number of hydrogen-bond acceptors (Lipinski definition) is 3. The molecule has 0 fully saturated rings. The van der Waals surface area contributed by atoms with Gasteiger partial charge in [0.25, 0.3) is 0 Å². The first kappa shape index (κ1) is 15.4. The minimum Gasteiger partial charge on any atom is -0.495 e. The summed E-state index contributed by atoms with van der Waals surface area (Å²) < 4.78 is 5.45. The van der Waals surface area contributed by atoms with Crippen molar-refractivity contribution >= 4 is 5.69 Å². The summed E-state index contributed by atoms with van der Waals surface area (Å²) in [5, 5.41) is 3.55. The maximum Gasteiger partial charge on any atom is 0.142 e. The highest BCUT2D eigenvalue weighted by Crippen LogP contribution is 2.28. The highest BCUT2D eigenvalue weighted by atomic mass is 16.5. The van der Waals surface area contributed by atoms with Crippen molar-refractivity contribution in [2.24, 2.45) is 0 Å². The van der Waals surface area contributed by atoms with Crippen LogP contribution in [0, 0.1) is 0 Å². The summed E-state index contributed by atoms with van der Waals surface area (Å²) in [6.45, 7) is 3.97. The predicted octanol–water partition coefficient (Wildman–Crippen LogP) is 3.48. The number of para-hydroxylation sites is 2. The Morgan fingerprint density at radius 1 is 1.05 bits per heavy atom. The fourth-order valence-electron chi connectivity index (χ4n) is 2.54. The SMILES string of the molecule is CCNC(CN(C)c1ccccc1OC)c1ccccc1. The van der Waals surface area contributed by atoms with Crippen molar-refractivity contribution in [2.45, 2.75) is 13.0 Å². The molecule has 3 nitrogen and oxygen atoms in total. The van der Waals surface area contributed by atoms with Crippen molar-refractivity contribution in [3.05, 3.63) is 60.2 Å². The van der Waals surface area contributed by atoms with Crippen LogP contribution in [0.4, 0.5) is 5.69 Å². The molecule has 0 saturated heterocycles. The molecule has 0 aromatic heterocycles. The predicted molar refractivity (Wildman–Crippen MR) is 89.1 cm³/mol. The van der Waals surface area contributed by atoms with Gasteiger partial charge >= 0.3 is 0 Å². The Labute approximate surface area is 127 Å². The number of methoxy groups -OCH3 is 1. The Morgan fingerprint density at radius 3 is 2.38 bits per heavy atom. The maximum absolute atomic E-state index is 5.45. The van der Waals surface area contributed by atoms with Crippen LogP contribution in [0.5, 0.6) is 5.75 Å². The molecule has 0 amide bonds. The molecule has 0 heterocycles. The molecular weight excluding hydrogens is 260 g/mol. The molecule has 2 aromatic carbocycles. The molecular formula is C18H24N2O. The summed E-state index contributed by atoms with van der Waals surface area (Å²) in [5.41, 5.74) is 2.42. The van der Waals surface area contributed by atoms with E-state index in [2.05, 4.69) is 60.6 Å². The number of likely N-dealkylation sites (N-methyl/N-ethyl adjacent to an activating group) is 2. The second-order valence-electron chi connectivity index (χ2n) is 5.07. The van der Waals surface area contributed by atoms with Crippen molar-refractivity contribution < 1.29 is 4.74 Å². The zero-order valence-corrected chi connectivity index (χ0v) is 13.0. The molecule has 1 unspecified atom stereocenters. The molecule has 0 spiro atoms. The van der Waals surface area contributed by atoms with E-state index in [1.54, 1.807) is 7.11 Å². The minimum atomic E-state index is 0.297. The third kappa shape index (κ3) is 3.99. The van der Waals surface area contributed by atoms with E-state index in [-0.39, 0.29) is 0 Å². The van der Waals surface area contributed by atoms with E-state index in [1.807, 2.05) is 18.2 Å². The average Bonchev–Trinajstić information content (AvgIpc) is 2.55. The third-order valence-electron chi connectivity index (χ3n) is 3.61. The van der Waals surface area contributed by atoms with Gasteiger partial charge in [0.2, 0.25) is 0 Å². The summed E-state index contributed by atoms with van der Waals surface area (Å²) >= 11 is 0. The number of benzene rings is 2. The molecule has 0 aliphatic carbocycles. The normalized spacial score (nSPS) is 12.0. The topological polar surface area (TPSA) is 24.5 Å². The van der Waals surface area contributed by atoms with E-state index >= 15 is 0 Å². The van der Waals surface area contributed by atoms with Crippen molar-refractivity contribution in [1.82, 2.24) is 5.32 Å². The van der Waals surface area contributed by atoms with Crippen LogP contribution >= 0.6 is 0 Å². The van der Waals surface area contributed by atoms with E-state index in [1.165, 1.54) is 5.56 Å². The van der Waals surface area contributed by atoms with Crippen LogP contribution in [-0.2, 0) is 0 Å². The fraction of sp³-hybridized carbons (Fsp3) is 0.333. The lowest BCUT2D eigenvalue weighted by Crippen LogP contribution is -2.33. The largest absolute Gasteiger partial charge is 0.495 e. The quantitative estimate of drug-likeness (QED) is 0.842. The van der Waals surface area contributed by atoms with Gasteiger partial charge in [-0.2, -0.15) is 0 Å². The van der Waals surface area contributed by atoms with Gasteiger partial charge in [0.15, 0.2) is 0 Å². The number of nitrogens with one attached hydrogen (secondary N) is 1. The summed E-state index contributed by atoms with van der Waals surface area (Å²) in [7, 11) is 3.82. The van der Waals surface area contributed by atoms with Crippen molar-refractivity contribution in [3.8, 4) is 5.75 Å². The van der Waals surface area contributed by atoms with Crippen LogP contribution < -0.4 is 15.0 Å². The first-order chi connectivity index (χ1) is 10.3. The second kappa shape index (κ2) is 7.70. The molecule has 112 valence electrons. The lowest BCUT2D eigenvalue weighted by molar-refractivity contribution is 0.414. The highest BCUT2D eigenvalue weighted by molar-refractivity contribution is 5.58. The smallest absolute Gasteiger partial charge is 0.142 e. The van der Waals surface area contributed by atoms with Crippen molar-refractivity contribution in [1.29, 1.82) is 0 Å². The van der Waals surface area contributed by atoms with Gasteiger partial charge in [0.1, 0.15) is 5.75 Å². The fourth-order valence-corrected chi connectivity index (χ4v) is 2.54. The molecule has 0 saturated carbocycles. The number of hydrogen-bond donors (Lipinski definition) is 1.